The second-order valence-electron chi connectivity index (χ2n) is 5.94. The van der Waals surface area contributed by atoms with Crippen molar-refractivity contribution in [2.45, 2.75) is 77.6 Å². The van der Waals surface area contributed by atoms with Crippen LogP contribution in [-0.4, -0.2) is 0 Å². The van der Waals surface area contributed by atoms with Gasteiger partial charge < -0.3 is 0 Å². The van der Waals surface area contributed by atoms with Crippen LogP contribution in [0.5, 0.6) is 0 Å². The van der Waals surface area contributed by atoms with Gasteiger partial charge in [-0.05, 0) is 17.8 Å². The molecule has 2 saturated carbocycles. The zero-order chi connectivity index (χ0) is 10.5. The van der Waals surface area contributed by atoms with Crippen molar-refractivity contribution in [3.05, 3.63) is 0 Å². The molecule has 0 aromatic heterocycles. The molecule has 0 spiro atoms. The monoisotopic (exact) mass is 208 g/mol. The van der Waals surface area contributed by atoms with Crippen LogP contribution in [0.2, 0.25) is 0 Å². The van der Waals surface area contributed by atoms with Crippen LogP contribution in [0, 0.1) is 17.8 Å². The van der Waals surface area contributed by atoms with Crippen molar-refractivity contribution in [2.24, 2.45) is 17.8 Å². The Balaban J connectivity index is 1.50. The Bertz CT molecular complexity index is 165. The number of rotatable bonds is 7. The van der Waals surface area contributed by atoms with E-state index in [1.54, 1.807) is 32.1 Å². The summed E-state index contributed by atoms with van der Waals surface area (Å²) in [6.07, 6.45) is 16.8. The number of hydrogen-bond donors (Lipinski definition) is 0. The van der Waals surface area contributed by atoms with E-state index >= 15 is 0 Å². The van der Waals surface area contributed by atoms with Gasteiger partial charge in [0.2, 0.25) is 0 Å². The van der Waals surface area contributed by atoms with Crippen molar-refractivity contribution < 1.29 is 0 Å². The third kappa shape index (κ3) is 3.23. The standard InChI is InChI=1S/C15H28/c1-2-14(15-11-6-12-15)10-4-3-7-13-8-5-9-13/h13-15H,2-12H2,1H3. The van der Waals surface area contributed by atoms with E-state index < -0.39 is 0 Å². The van der Waals surface area contributed by atoms with Gasteiger partial charge in [0.15, 0.2) is 0 Å². The molecule has 2 rings (SSSR count). The fourth-order valence-electron chi connectivity index (χ4n) is 3.31. The molecule has 2 aliphatic carbocycles. The Hall–Kier alpha value is 0. The maximum Gasteiger partial charge on any atom is -0.0386 e. The highest BCUT2D eigenvalue weighted by molar-refractivity contribution is 4.77. The van der Waals surface area contributed by atoms with E-state index in [1.807, 2.05) is 0 Å². The summed E-state index contributed by atoms with van der Waals surface area (Å²) in [6, 6.07) is 0. The molecule has 0 heteroatoms. The van der Waals surface area contributed by atoms with Crippen LogP contribution in [0.3, 0.4) is 0 Å². The molecule has 0 aromatic rings. The zero-order valence-electron chi connectivity index (χ0n) is 10.5. The fourth-order valence-corrected chi connectivity index (χ4v) is 3.31. The summed E-state index contributed by atoms with van der Waals surface area (Å²) in [5.74, 6) is 3.34. The third-order valence-corrected chi connectivity index (χ3v) is 5.00. The fraction of sp³-hybridized carbons (Fsp3) is 1.00. The van der Waals surface area contributed by atoms with Gasteiger partial charge in [-0.25, -0.2) is 0 Å². The van der Waals surface area contributed by atoms with Gasteiger partial charge in [0.25, 0.3) is 0 Å². The number of unbranched alkanes of at least 4 members (excludes halogenated alkanes) is 1. The molecule has 0 saturated heterocycles. The smallest absolute Gasteiger partial charge is 0.0386 e. The second-order valence-corrected chi connectivity index (χ2v) is 5.94. The molecule has 0 N–H and O–H groups in total. The van der Waals surface area contributed by atoms with E-state index in [0.717, 1.165) is 17.8 Å². The van der Waals surface area contributed by atoms with Crippen molar-refractivity contribution in [3.8, 4) is 0 Å². The first kappa shape index (κ1) is 11.5. The SMILES string of the molecule is CCC(CCCCC1CCC1)C1CCC1. The Morgan fingerprint density at radius 2 is 1.73 bits per heavy atom. The summed E-state index contributed by atoms with van der Waals surface area (Å²) >= 11 is 0. The van der Waals surface area contributed by atoms with Gasteiger partial charge in [0.1, 0.15) is 0 Å². The molecule has 0 amide bonds. The summed E-state index contributed by atoms with van der Waals surface area (Å²) < 4.78 is 0. The predicted molar refractivity (Wildman–Crippen MR) is 66.9 cm³/mol. The topological polar surface area (TPSA) is 0 Å². The van der Waals surface area contributed by atoms with Gasteiger partial charge in [-0.2, -0.15) is 0 Å². The molecule has 15 heavy (non-hydrogen) atoms. The van der Waals surface area contributed by atoms with Crippen LogP contribution in [0.4, 0.5) is 0 Å². The minimum atomic E-state index is 1.08. The molecule has 0 aromatic carbocycles. The van der Waals surface area contributed by atoms with E-state index in [2.05, 4.69) is 6.92 Å². The Kier molecular flexibility index (Phi) is 4.53. The lowest BCUT2D eigenvalue weighted by Crippen LogP contribution is -2.21. The summed E-state index contributed by atoms with van der Waals surface area (Å²) in [6.45, 7) is 2.40. The summed E-state index contributed by atoms with van der Waals surface area (Å²) in [5.41, 5.74) is 0. The first-order chi connectivity index (χ1) is 7.40. The summed E-state index contributed by atoms with van der Waals surface area (Å²) in [5, 5.41) is 0. The van der Waals surface area contributed by atoms with E-state index in [1.165, 1.54) is 38.5 Å². The van der Waals surface area contributed by atoms with E-state index in [9.17, 15) is 0 Å². The zero-order valence-corrected chi connectivity index (χ0v) is 10.5. The molecule has 0 radical (unpaired) electrons. The highest BCUT2D eigenvalue weighted by Gasteiger charge is 2.25. The van der Waals surface area contributed by atoms with Crippen molar-refractivity contribution >= 4 is 0 Å². The Morgan fingerprint density at radius 1 is 1.00 bits per heavy atom. The number of hydrogen-bond acceptors (Lipinski definition) is 0. The first-order valence-electron chi connectivity index (χ1n) is 7.40. The van der Waals surface area contributed by atoms with Crippen LogP contribution >= 0.6 is 0 Å². The average molecular weight is 208 g/mol. The lowest BCUT2D eigenvalue weighted by molar-refractivity contribution is 0.184. The lowest BCUT2D eigenvalue weighted by Gasteiger charge is -2.33. The molecule has 0 bridgehead atoms. The molecule has 2 fully saturated rings. The summed E-state index contributed by atoms with van der Waals surface area (Å²) in [7, 11) is 0. The third-order valence-electron chi connectivity index (χ3n) is 5.00. The normalized spacial score (nSPS) is 24.6. The molecule has 88 valence electrons. The molecular weight excluding hydrogens is 180 g/mol. The van der Waals surface area contributed by atoms with Gasteiger partial charge in [-0.15, -0.1) is 0 Å². The van der Waals surface area contributed by atoms with Gasteiger partial charge in [-0.1, -0.05) is 77.6 Å². The maximum atomic E-state index is 2.40. The minimum Gasteiger partial charge on any atom is -0.0651 e. The second kappa shape index (κ2) is 5.92. The quantitative estimate of drug-likeness (QED) is 0.506. The van der Waals surface area contributed by atoms with Gasteiger partial charge in [-0.3, -0.25) is 0 Å². The first-order valence-corrected chi connectivity index (χ1v) is 7.40. The van der Waals surface area contributed by atoms with Gasteiger partial charge in [0.05, 0.1) is 0 Å². The highest BCUT2D eigenvalue weighted by atomic mass is 14.3. The van der Waals surface area contributed by atoms with Gasteiger partial charge in [0, 0.05) is 0 Å². The maximum absolute atomic E-state index is 2.40. The lowest BCUT2D eigenvalue weighted by atomic mass is 9.72. The molecule has 1 atom stereocenters. The summed E-state index contributed by atoms with van der Waals surface area (Å²) in [4.78, 5) is 0. The van der Waals surface area contributed by atoms with Gasteiger partial charge >= 0.3 is 0 Å². The Morgan fingerprint density at radius 3 is 2.20 bits per heavy atom. The van der Waals surface area contributed by atoms with E-state index in [4.69, 9.17) is 0 Å². The van der Waals surface area contributed by atoms with Crippen molar-refractivity contribution in [1.29, 1.82) is 0 Å². The van der Waals surface area contributed by atoms with Crippen LogP contribution in [0.1, 0.15) is 77.6 Å². The predicted octanol–water partition coefficient (Wildman–Crippen LogP) is 5.17. The highest BCUT2D eigenvalue weighted by Crippen LogP contribution is 2.38. The van der Waals surface area contributed by atoms with Crippen molar-refractivity contribution in [1.82, 2.24) is 0 Å². The molecule has 0 aliphatic heterocycles. The van der Waals surface area contributed by atoms with Crippen LogP contribution in [-0.2, 0) is 0 Å². The van der Waals surface area contributed by atoms with Crippen molar-refractivity contribution in [3.63, 3.8) is 0 Å². The minimum absolute atomic E-state index is 1.08. The molecular formula is C15H28. The molecule has 0 nitrogen and oxygen atoms in total. The Labute approximate surface area is 95.8 Å². The molecule has 1 unspecified atom stereocenters. The van der Waals surface area contributed by atoms with Crippen LogP contribution < -0.4 is 0 Å². The van der Waals surface area contributed by atoms with Crippen LogP contribution in [0.25, 0.3) is 0 Å². The molecule has 0 heterocycles. The van der Waals surface area contributed by atoms with E-state index in [-0.39, 0.29) is 0 Å². The van der Waals surface area contributed by atoms with Crippen molar-refractivity contribution in [2.75, 3.05) is 0 Å². The largest absolute Gasteiger partial charge is 0.0651 e. The van der Waals surface area contributed by atoms with Crippen LogP contribution in [0.15, 0.2) is 0 Å². The van der Waals surface area contributed by atoms with E-state index in [0.29, 0.717) is 0 Å². The molecule has 2 aliphatic rings. The average Bonchev–Trinajstić information content (AvgIpc) is 2.09.